The molecule has 12 nitrogen and oxygen atoms in total. The van der Waals surface area contributed by atoms with Crippen LogP contribution in [0.2, 0.25) is 0 Å². The number of hydrogen-bond donors (Lipinski definition) is 0. The highest BCUT2D eigenvalue weighted by atomic mass is 79.9. The van der Waals surface area contributed by atoms with Crippen LogP contribution < -0.4 is 10.9 Å². The summed E-state index contributed by atoms with van der Waals surface area (Å²) in [5.74, 6) is 0. The van der Waals surface area contributed by atoms with E-state index < -0.39 is 13.5 Å². The van der Waals surface area contributed by atoms with Crippen LogP contribution in [0, 0.1) is 0 Å². The molecule has 0 radical (unpaired) electrons. The van der Waals surface area contributed by atoms with Crippen molar-refractivity contribution in [2.45, 2.75) is 80.1 Å². The van der Waals surface area contributed by atoms with Crippen LogP contribution in [0.5, 0.6) is 0 Å². The molecule has 0 amide bonds. The van der Waals surface area contributed by atoms with Crippen molar-refractivity contribution < 1.29 is 28.5 Å². The summed E-state index contributed by atoms with van der Waals surface area (Å²) in [7, 11) is 0. The molecule has 0 saturated heterocycles. The predicted molar refractivity (Wildman–Crippen MR) is 207 cm³/mol. The van der Waals surface area contributed by atoms with Gasteiger partial charge in [-0.05, 0) is 50.7 Å². The SMILES string of the molecule is CCC1=NO[B-]2(c3cc(Br)cc(Br)c3)O/N=C(CC)/C(CC)=N/O[B-](c3cc(Br)cc(Br)c3)(O/N=C/1CC)O/N=C(CC)/C(CC)=N/O2. The summed E-state index contributed by atoms with van der Waals surface area (Å²) in [6, 6.07) is 10.9. The largest absolute Gasteiger partial charge is 0.640 e. The Morgan fingerprint density at radius 1 is 0.375 bits per heavy atom. The molecule has 0 N–H and O–H groups in total. The summed E-state index contributed by atoms with van der Waals surface area (Å²) < 4.78 is 40.9. The van der Waals surface area contributed by atoms with Gasteiger partial charge in [-0.25, -0.2) is 0 Å². The lowest BCUT2D eigenvalue weighted by Crippen LogP contribution is -2.55. The monoisotopic (exact) mass is 914 g/mol. The van der Waals surface area contributed by atoms with Gasteiger partial charge < -0.3 is 28.5 Å². The van der Waals surface area contributed by atoms with Crippen LogP contribution in [0.4, 0.5) is 0 Å². The first kappa shape index (κ1) is 38.1. The normalized spacial score (nSPS) is 27.3. The van der Waals surface area contributed by atoms with Crippen LogP contribution in [0.1, 0.15) is 80.1 Å². The van der Waals surface area contributed by atoms with Gasteiger partial charge in [-0.1, -0.05) is 140 Å². The fourth-order valence-electron chi connectivity index (χ4n) is 4.76. The van der Waals surface area contributed by atoms with Gasteiger partial charge in [0, 0.05) is 17.9 Å². The highest BCUT2D eigenvalue weighted by Crippen LogP contribution is 2.25. The number of fused-ring (bicyclic) bond motifs is 9. The molecule has 5 rings (SSSR count). The van der Waals surface area contributed by atoms with Gasteiger partial charge in [-0.3, -0.25) is 0 Å². The number of benzene rings is 2. The number of halogens is 4. The van der Waals surface area contributed by atoms with E-state index in [0.29, 0.717) is 83.7 Å². The Balaban J connectivity index is 2.16. The quantitative estimate of drug-likeness (QED) is 0.245. The van der Waals surface area contributed by atoms with E-state index in [1.54, 1.807) is 24.3 Å². The van der Waals surface area contributed by atoms with Crippen molar-refractivity contribution in [3.8, 4) is 0 Å². The van der Waals surface area contributed by atoms with Crippen molar-refractivity contribution in [1.82, 2.24) is 0 Å². The zero-order valence-corrected chi connectivity index (χ0v) is 33.9. The maximum absolute atomic E-state index is 6.33. The summed E-state index contributed by atoms with van der Waals surface area (Å²) in [6.07, 6.45) is 2.49. The van der Waals surface area contributed by atoms with E-state index in [1.165, 1.54) is 0 Å². The molecule has 48 heavy (non-hydrogen) atoms. The molecule has 18 heteroatoms. The van der Waals surface area contributed by atoms with Crippen LogP contribution in [0.25, 0.3) is 0 Å². The molecule has 0 atom stereocenters. The maximum Gasteiger partial charge on any atom is 0.640 e. The number of nitrogens with zero attached hydrogens (tertiary/aromatic N) is 6. The minimum atomic E-state index is -3.04. The van der Waals surface area contributed by atoms with Crippen molar-refractivity contribution >= 4 is 122 Å². The van der Waals surface area contributed by atoms with E-state index in [9.17, 15) is 0 Å². The molecule has 2 aromatic rings. The second-order valence-electron chi connectivity index (χ2n) is 10.7. The zero-order valence-electron chi connectivity index (χ0n) is 27.5. The zero-order chi connectivity index (χ0) is 34.9. The molecule has 0 fully saturated rings. The standard InChI is InChI=1S/C30H36B2Br4N6O6/c1-7-25-26(8-2)38-44-32(20-15-23(35)18-24(36)16-20)47-41-29(11-5)27(9-3)39-45-31(43-37-25,19-13-21(33)17-22(34)14-19)46-40-28(10-4)30(12-6)42-48-32/h13-18H,7-12H2,1-6H3/q-2/b37-25+,38-26+,39-27+,40-28+,41-29+,42-30?. The van der Waals surface area contributed by atoms with Gasteiger partial charge in [-0.15, -0.1) is 30.9 Å². The Labute approximate surface area is 314 Å². The summed E-state index contributed by atoms with van der Waals surface area (Å²) in [4.78, 5) is 0. The summed E-state index contributed by atoms with van der Waals surface area (Å²) in [5.41, 5.74) is 3.63. The minimum Gasteiger partial charge on any atom is -0.536 e. The molecule has 3 aliphatic heterocycles. The van der Waals surface area contributed by atoms with E-state index in [1.807, 2.05) is 53.7 Å². The Bertz CT molecular complexity index is 1410. The summed E-state index contributed by atoms with van der Waals surface area (Å²) in [5, 5.41) is 27.4. The van der Waals surface area contributed by atoms with Gasteiger partial charge >= 0.3 is 13.5 Å². The molecule has 2 aromatic carbocycles. The van der Waals surface area contributed by atoms with Gasteiger partial charge in [0.1, 0.15) is 0 Å². The van der Waals surface area contributed by atoms with Gasteiger partial charge in [0.2, 0.25) is 0 Å². The van der Waals surface area contributed by atoms with Crippen molar-refractivity contribution in [1.29, 1.82) is 0 Å². The van der Waals surface area contributed by atoms with Crippen molar-refractivity contribution in [2.75, 3.05) is 0 Å². The first-order valence-corrected chi connectivity index (χ1v) is 18.9. The maximum atomic E-state index is 6.33. The Morgan fingerprint density at radius 3 is 0.729 bits per heavy atom. The molecule has 0 saturated carbocycles. The number of rotatable bonds is 8. The average Bonchev–Trinajstić information content (AvgIpc) is 3.06. The third-order valence-corrected chi connectivity index (χ3v) is 9.24. The highest BCUT2D eigenvalue weighted by molar-refractivity contribution is 9.11. The van der Waals surface area contributed by atoms with E-state index >= 15 is 0 Å². The third-order valence-electron chi connectivity index (χ3n) is 7.40. The Morgan fingerprint density at radius 2 is 0.562 bits per heavy atom. The smallest absolute Gasteiger partial charge is 0.536 e. The lowest BCUT2D eigenvalue weighted by Gasteiger charge is -2.38. The highest BCUT2D eigenvalue weighted by Gasteiger charge is 2.44. The van der Waals surface area contributed by atoms with E-state index in [2.05, 4.69) is 94.7 Å². The van der Waals surface area contributed by atoms with Crippen LogP contribution in [-0.4, -0.2) is 47.8 Å². The third kappa shape index (κ3) is 8.90. The van der Waals surface area contributed by atoms with Crippen molar-refractivity contribution in [2.24, 2.45) is 30.9 Å². The van der Waals surface area contributed by atoms with E-state index in [4.69, 9.17) is 28.5 Å². The van der Waals surface area contributed by atoms with E-state index in [0.717, 1.165) is 17.9 Å². The second-order valence-corrected chi connectivity index (χ2v) is 14.3. The van der Waals surface area contributed by atoms with Crippen molar-refractivity contribution in [3.63, 3.8) is 0 Å². The first-order valence-electron chi connectivity index (χ1n) is 15.8. The fourth-order valence-corrected chi connectivity index (χ4v) is 7.42. The minimum absolute atomic E-state index is 0.414. The van der Waals surface area contributed by atoms with Gasteiger partial charge in [0.15, 0.2) is 0 Å². The topological polar surface area (TPSA) is 130 Å². The lowest BCUT2D eigenvalue weighted by atomic mass is 9.70. The van der Waals surface area contributed by atoms with Crippen LogP contribution in [-0.2, 0) is 28.5 Å². The van der Waals surface area contributed by atoms with Crippen LogP contribution in [0.3, 0.4) is 0 Å². The second kappa shape index (κ2) is 17.3. The number of hydrogen-bond acceptors (Lipinski definition) is 12. The molecule has 0 aromatic heterocycles. The first-order chi connectivity index (χ1) is 23.0. The Kier molecular flexibility index (Phi) is 13.7. The average molecular weight is 918 g/mol. The molecule has 0 unspecified atom stereocenters. The van der Waals surface area contributed by atoms with Crippen LogP contribution in [0.15, 0.2) is 85.2 Å². The Hall–Kier alpha value is -2.69. The molecule has 0 spiro atoms. The molecular weight excluding hydrogens is 882 g/mol. The summed E-state index contributed by atoms with van der Waals surface area (Å²) in [6.45, 7) is 5.42. The molecule has 0 aliphatic carbocycles. The fraction of sp³-hybridized carbons (Fsp3) is 0.400. The number of oxime groups is 6. The summed E-state index contributed by atoms with van der Waals surface area (Å²) >= 11 is 14.3. The molecule has 3 aliphatic rings. The molecule has 3 heterocycles. The van der Waals surface area contributed by atoms with Crippen molar-refractivity contribution in [3.05, 3.63) is 54.3 Å². The van der Waals surface area contributed by atoms with Gasteiger partial charge in [0.25, 0.3) is 0 Å². The van der Waals surface area contributed by atoms with Gasteiger partial charge in [0.05, 0.1) is 34.3 Å². The van der Waals surface area contributed by atoms with Gasteiger partial charge in [-0.2, -0.15) is 0 Å². The van der Waals surface area contributed by atoms with Crippen LogP contribution >= 0.6 is 63.7 Å². The lowest BCUT2D eigenvalue weighted by molar-refractivity contribution is 0.0764. The molecular formula is C30H36B2Br4N6O6-2. The van der Waals surface area contributed by atoms with E-state index in [-0.39, 0.29) is 0 Å². The molecule has 258 valence electrons. The predicted octanol–water partition coefficient (Wildman–Crippen LogP) is 8.45. The molecule has 2 bridgehead atoms.